The van der Waals surface area contributed by atoms with Crippen LogP contribution in [0.3, 0.4) is 0 Å². The number of benzene rings is 2. The van der Waals surface area contributed by atoms with Crippen LogP contribution in [-0.4, -0.2) is 28.8 Å². The number of carbonyl (C=O) groups excluding carboxylic acids is 1. The molecule has 2 aromatic carbocycles. The van der Waals surface area contributed by atoms with Gasteiger partial charge in [0, 0.05) is 23.4 Å². The molecular formula is C24H29N5O2. The largest absolute Gasteiger partial charge is 0.495 e. The number of nitrogens with zero attached hydrogens (tertiary/aromatic N) is 3. The highest BCUT2D eigenvalue weighted by atomic mass is 16.5. The number of hydrogen-bond acceptors (Lipinski definition) is 4. The van der Waals surface area contributed by atoms with Crippen LogP contribution in [0.25, 0.3) is 0 Å². The Bertz CT molecular complexity index is 1080. The van der Waals surface area contributed by atoms with Gasteiger partial charge in [-0.1, -0.05) is 29.8 Å². The first kappa shape index (κ1) is 22.1. The molecule has 0 saturated carbocycles. The number of aryl methyl sites for hydroxylation is 3. The molecule has 2 N–H and O–H groups in total. The van der Waals surface area contributed by atoms with Gasteiger partial charge in [0.25, 0.3) is 5.91 Å². The number of guanidine groups is 1. The minimum atomic E-state index is -0.237. The predicted octanol–water partition coefficient (Wildman–Crippen LogP) is 4.23. The highest BCUT2D eigenvalue weighted by molar-refractivity contribution is 6.10. The van der Waals surface area contributed by atoms with E-state index < -0.39 is 0 Å². The summed E-state index contributed by atoms with van der Waals surface area (Å²) < 4.78 is 7.38. The third kappa shape index (κ3) is 5.31. The van der Waals surface area contributed by atoms with Crippen molar-refractivity contribution in [2.24, 2.45) is 4.99 Å². The Morgan fingerprint density at radius 2 is 1.81 bits per heavy atom. The molecule has 0 aliphatic heterocycles. The predicted molar refractivity (Wildman–Crippen MR) is 124 cm³/mol. The smallest absolute Gasteiger partial charge is 0.257 e. The van der Waals surface area contributed by atoms with Crippen LogP contribution in [0.1, 0.15) is 39.8 Å². The zero-order chi connectivity index (χ0) is 22.4. The van der Waals surface area contributed by atoms with Crippen molar-refractivity contribution in [1.29, 1.82) is 0 Å². The second kappa shape index (κ2) is 9.93. The van der Waals surface area contributed by atoms with Gasteiger partial charge in [-0.25, -0.2) is 4.99 Å². The van der Waals surface area contributed by atoms with E-state index >= 15 is 0 Å². The second-order valence-corrected chi connectivity index (χ2v) is 7.28. The van der Waals surface area contributed by atoms with Gasteiger partial charge in [-0.05, 0) is 52.0 Å². The van der Waals surface area contributed by atoms with Crippen molar-refractivity contribution in [3.8, 4) is 5.75 Å². The van der Waals surface area contributed by atoms with E-state index in [1.165, 1.54) is 0 Å². The lowest BCUT2D eigenvalue weighted by Gasteiger charge is -2.14. The van der Waals surface area contributed by atoms with E-state index in [4.69, 9.17) is 4.74 Å². The molecular weight excluding hydrogens is 390 g/mol. The Morgan fingerprint density at radius 1 is 1.10 bits per heavy atom. The van der Waals surface area contributed by atoms with Crippen LogP contribution in [0.2, 0.25) is 0 Å². The summed E-state index contributed by atoms with van der Waals surface area (Å²) in [4.78, 5) is 17.5. The Kier molecular flexibility index (Phi) is 7.07. The SMILES string of the molecule is CCn1nc(C)c(CN=C(NC(=O)c2ccc(C)cc2)Nc2ccccc2OC)c1C. The number of aromatic nitrogens is 2. The molecule has 3 rings (SSSR count). The lowest BCUT2D eigenvalue weighted by Crippen LogP contribution is -2.36. The fourth-order valence-electron chi connectivity index (χ4n) is 3.30. The van der Waals surface area contributed by atoms with Gasteiger partial charge < -0.3 is 10.1 Å². The first-order valence-corrected chi connectivity index (χ1v) is 10.3. The molecule has 0 unspecified atom stereocenters. The number of anilines is 1. The molecule has 31 heavy (non-hydrogen) atoms. The molecule has 1 amide bonds. The molecule has 0 saturated heterocycles. The Hall–Kier alpha value is -3.61. The molecule has 0 bridgehead atoms. The van der Waals surface area contributed by atoms with Crippen molar-refractivity contribution < 1.29 is 9.53 Å². The summed E-state index contributed by atoms with van der Waals surface area (Å²) in [5.41, 5.74) is 5.43. The van der Waals surface area contributed by atoms with Crippen LogP contribution in [0.4, 0.5) is 5.69 Å². The molecule has 1 aromatic heterocycles. The highest BCUT2D eigenvalue weighted by Crippen LogP contribution is 2.23. The van der Waals surface area contributed by atoms with Crippen molar-refractivity contribution in [3.05, 3.63) is 76.6 Å². The van der Waals surface area contributed by atoms with E-state index in [1.54, 1.807) is 19.2 Å². The van der Waals surface area contributed by atoms with Crippen LogP contribution >= 0.6 is 0 Å². The summed E-state index contributed by atoms with van der Waals surface area (Å²) in [5.74, 6) is 0.767. The van der Waals surface area contributed by atoms with E-state index in [2.05, 4.69) is 27.6 Å². The van der Waals surface area contributed by atoms with Gasteiger partial charge in [-0.3, -0.25) is 14.8 Å². The maximum atomic E-state index is 12.8. The average molecular weight is 420 g/mol. The maximum Gasteiger partial charge on any atom is 0.257 e. The number of hydrogen-bond donors (Lipinski definition) is 2. The number of ether oxygens (including phenoxy) is 1. The lowest BCUT2D eigenvalue weighted by molar-refractivity contribution is 0.0977. The average Bonchev–Trinajstić information content (AvgIpc) is 3.05. The molecule has 0 aliphatic carbocycles. The summed E-state index contributed by atoms with van der Waals surface area (Å²) in [6, 6.07) is 14.9. The van der Waals surface area contributed by atoms with Gasteiger partial charge in [-0.2, -0.15) is 5.10 Å². The van der Waals surface area contributed by atoms with Gasteiger partial charge in [0.1, 0.15) is 5.75 Å². The number of amides is 1. The maximum absolute atomic E-state index is 12.8. The number of carbonyl (C=O) groups is 1. The Morgan fingerprint density at radius 3 is 2.45 bits per heavy atom. The topological polar surface area (TPSA) is 80.5 Å². The van der Waals surface area contributed by atoms with Crippen molar-refractivity contribution >= 4 is 17.6 Å². The Labute approximate surface area is 183 Å². The molecule has 0 aliphatic rings. The molecule has 7 nitrogen and oxygen atoms in total. The molecule has 0 atom stereocenters. The summed E-state index contributed by atoms with van der Waals surface area (Å²) in [7, 11) is 1.61. The van der Waals surface area contributed by atoms with E-state index in [0.29, 0.717) is 29.5 Å². The van der Waals surface area contributed by atoms with Gasteiger partial charge in [-0.15, -0.1) is 0 Å². The number of rotatable bonds is 6. The zero-order valence-electron chi connectivity index (χ0n) is 18.7. The molecule has 162 valence electrons. The van der Waals surface area contributed by atoms with Crippen molar-refractivity contribution in [3.63, 3.8) is 0 Å². The van der Waals surface area contributed by atoms with Gasteiger partial charge in [0.2, 0.25) is 5.96 Å². The van der Waals surface area contributed by atoms with Crippen molar-refractivity contribution in [2.45, 2.75) is 40.8 Å². The summed E-state index contributed by atoms with van der Waals surface area (Å²) >= 11 is 0. The second-order valence-electron chi connectivity index (χ2n) is 7.28. The third-order valence-electron chi connectivity index (χ3n) is 5.13. The van der Waals surface area contributed by atoms with Crippen molar-refractivity contribution in [1.82, 2.24) is 15.1 Å². The monoisotopic (exact) mass is 419 g/mol. The zero-order valence-corrected chi connectivity index (χ0v) is 18.7. The van der Waals surface area contributed by atoms with E-state index in [-0.39, 0.29) is 5.91 Å². The number of para-hydroxylation sites is 2. The third-order valence-corrected chi connectivity index (χ3v) is 5.13. The standard InChI is InChI=1S/C24H29N5O2/c1-6-29-18(4)20(17(3)28-29)15-25-24(26-21-9-7-8-10-22(21)31-5)27-23(30)19-13-11-16(2)12-14-19/h7-14H,6,15H2,1-5H3,(H2,25,26,27,30). The number of nitrogens with one attached hydrogen (secondary N) is 2. The van der Waals surface area contributed by atoms with E-state index in [9.17, 15) is 4.79 Å². The summed E-state index contributed by atoms with van der Waals surface area (Å²) in [6.45, 7) is 9.24. The van der Waals surface area contributed by atoms with Gasteiger partial charge >= 0.3 is 0 Å². The normalized spacial score (nSPS) is 11.3. The fourth-order valence-corrected chi connectivity index (χ4v) is 3.30. The highest BCUT2D eigenvalue weighted by Gasteiger charge is 2.14. The van der Waals surface area contributed by atoms with Gasteiger partial charge in [0.15, 0.2) is 0 Å². The van der Waals surface area contributed by atoms with Crippen LogP contribution < -0.4 is 15.4 Å². The molecule has 1 heterocycles. The Balaban J connectivity index is 1.89. The molecule has 3 aromatic rings. The van der Waals surface area contributed by atoms with E-state index in [0.717, 1.165) is 29.1 Å². The van der Waals surface area contributed by atoms with Gasteiger partial charge in [0.05, 0.1) is 25.0 Å². The fraction of sp³-hybridized carbons (Fsp3) is 0.292. The van der Waals surface area contributed by atoms with E-state index in [1.807, 2.05) is 61.9 Å². The minimum Gasteiger partial charge on any atom is -0.495 e. The van der Waals surface area contributed by atoms with Crippen LogP contribution in [-0.2, 0) is 13.1 Å². The first-order valence-electron chi connectivity index (χ1n) is 10.3. The first-order chi connectivity index (χ1) is 14.9. The van der Waals surface area contributed by atoms with Crippen LogP contribution in [0.15, 0.2) is 53.5 Å². The lowest BCUT2D eigenvalue weighted by atomic mass is 10.1. The molecule has 0 fully saturated rings. The summed E-state index contributed by atoms with van der Waals surface area (Å²) in [5, 5.41) is 10.7. The molecule has 0 spiro atoms. The minimum absolute atomic E-state index is 0.237. The number of methoxy groups -OCH3 is 1. The van der Waals surface area contributed by atoms with Crippen LogP contribution in [0, 0.1) is 20.8 Å². The number of aliphatic imine (C=N–C) groups is 1. The quantitative estimate of drug-likeness (QED) is 0.463. The molecule has 7 heteroatoms. The molecule has 0 radical (unpaired) electrons. The summed E-state index contributed by atoms with van der Waals surface area (Å²) in [6.07, 6.45) is 0. The van der Waals surface area contributed by atoms with Crippen molar-refractivity contribution in [2.75, 3.05) is 12.4 Å². The van der Waals surface area contributed by atoms with Crippen LogP contribution in [0.5, 0.6) is 5.75 Å².